The molecule has 0 bridgehead atoms. The fraction of sp³-hybridized carbons (Fsp3) is 0.689. The van der Waals surface area contributed by atoms with Crippen LogP contribution in [0.25, 0.3) is 0 Å². The fourth-order valence-corrected chi connectivity index (χ4v) is 8.27. The Morgan fingerprint density at radius 3 is 1.31 bits per heavy atom. The SMILES string of the molecule is CC/C=C\C/C=C\C/C=C\C/C=C\C/C=C\C/C=C\CCCCCCCCCCCCCCCCCCCCC(=O)NC(COP(=O)([O-])OCC[N+](C)(C)C)C(O)/C=C/CC/C=C/CC/C=C/CCC. The molecular weight excluding hydrogens is 888 g/mol. The van der Waals surface area contributed by atoms with Crippen LogP contribution in [-0.2, 0) is 18.4 Å². The number of allylic oxidation sites excluding steroid dienone is 17. The average Bonchev–Trinajstić information content (AvgIpc) is 3.32. The molecule has 0 heterocycles. The third-order valence-corrected chi connectivity index (χ3v) is 12.9. The highest BCUT2D eigenvalue weighted by Gasteiger charge is 2.23. The molecule has 3 atom stereocenters. The van der Waals surface area contributed by atoms with Gasteiger partial charge in [0.2, 0.25) is 5.91 Å². The molecule has 2 N–H and O–H groups in total. The molecule has 0 fully saturated rings. The largest absolute Gasteiger partial charge is 0.756 e. The van der Waals surface area contributed by atoms with E-state index in [4.69, 9.17) is 9.05 Å². The number of rotatable bonds is 50. The number of aliphatic hydroxyl groups is 1. The van der Waals surface area contributed by atoms with Crippen molar-refractivity contribution in [3.63, 3.8) is 0 Å². The second-order valence-corrected chi connectivity index (χ2v) is 21.3. The van der Waals surface area contributed by atoms with Crippen molar-refractivity contribution in [3.8, 4) is 0 Å². The van der Waals surface area contributed by atoms with Crippen LogP contribution < -0.4 is 10.2 Å². The number of nitrogens with zero attached hydrogens (tertiary/aromatic N) is 1. The normalized spacial score (nSPS) is 14.8. The molecule has 8 nitrogen and oxygen atoms in total. The van der Waals surface area contributed by atoms with Crippen molar-refractivity contribution in [2.24, 2.45) is 0 Å². The molecule has 3 unspecified atom stereocenters. The van der Waals surface area contributed by atoms with Crippen molar-refractivity contribution < 1.29 is 32.9 Å². The summed E-state index contributed by atoms with van der Waals surface area (Å²) in [5, 5.41) is 13.8. The minimum absolute atomic E-state index is 0.0125. The van der Waals surface area contributed by atoms with Gasteiger partial charge in [-0.25, -0.2) is 0 Å². The molecule has 70 heavy (non-hydrogen) atoms. The molecule has 0 rings (SSSR count). The van der Waals surface area contributed by atoms with Crippen molar-refractivity contribution in [1.82, 2.24) is 5.32 Å². The Labute approximate surface area is 431 Å². The highest BCUT2D eigenvalue weighted by atomic mass is 31.2. The van der Waals surface area contributed by atoms with Crippen LogP contribution in [0, 0.1) is 0 Å². The van der Waals surface area contributed by atoms with Crippen LogP contribution in [0.3, 0.4) is 0 Å². The number of phosphoric acid groups is 1. The van der Waals surface area contributed by atoms with Crippen LogP contribution in [0.5, 0.6) is 0 Å². The first kappa shape index (κ1) is 67.2. The van der Waals surface area contributed by atoms with Crippen molar-refractivity contribution in [1.29, 1.82) is 0 Å². The number of carbonyl (C=O) groups is 1. The van der Waals surface area contributed by atoms with Crippen LogP contribution in [0.1, 0.15) is 219 Å². The maximum atomic E-state index is 12.9. The minimum atomic E-state index is -4.61. The summed E-state index contributed by atoms with van der Waals surface area (Å²) in [6.07, 6.45) is 74.8. The first-order valence-electron chi connectivity index (χ1n) is 28.2. The van der Waals surface area contributed by atoms with E-state index < -0.39 is 26.6 Å². The van der Waals surface area contributed by atoms with Gasteiger partial charge in [0, 0.05) is 6.42 Å². The van der Waals surface area contributed by atoms with E-state index >= 15 is 0 Å². The summed E-state index contributed by atoms with van der Waals surface area (Å²) in [5.41, 5.74) is 0. The standard InChI is InChI=1S/C61H107N2O6P/c1-6-8-10-12-14-16-18-19-20-21-22-23-24-25-26-27-28-29-30-31-32-33-34-35-36-37-38-39-40-41-42-43-45-47-49-51-53-55-61(65)62-59(58-69-70(66,67)68-57-56-63(3,4)5)60(64)54-52-50-48-46-44-17-15-13-11-9-7-2/h8,10-11,13-14,16,19-20,22-23,25-26,28-29,44,46,52,54,59-60,64H,6-7,9,12,15,17-18,21,24,27,30-43,45,47-51,53,55-58H2,1-5H3,(H-,62,65,66,67)/b10-8-,13-11+,16-14-,20-19-,23-22-,26-25-,29-28-,46-44+,54-52+. The Hall–Kier alpha value is -2.84. The van der Waals surface area contributed by atoms with Gasteiger partial charge in [0.15, 0.2) is 0 Å². The lowest BCUT2D eigenvalue weighted by molar-refractivity contribution is -0.870. The summed E-state index contributed by atoms with van der Waals surface area (Å²) in [5.74, 6) is -0.216. The lowest BCUT2D eigenvalue weighted by Gasteiger charge is -2.29. The van der Waals surface area contributed by atoms with Gasteiger partial charge in [-0.2, -0.15) is 0 Å². The number of likely N-dealkylation sites (N-methyl/N-ethyl adjacent to an activating group) is 1. The molecule has 0 saturated heterocycles. The first-order chi connectivity index (χ1) is 34.0. The number of phosphoric ester groups is 1. The number of carbonyl (C=O) groups excluding carboxylic acids is 1. The molecule has 0 aliphatic rings. The van der Waals surface area contributed by atoms with Crippen LogP contribution in [0.2, 0.25) is 0 Å². The first-order valence-corrected chi connectivity index (χ1v) is 29.7. The number of nitrogens with one attached hydrogen (secondary N) is 1. The smallest absolute Gasteiger partial charge is 0.268 e. The van der Waals surface area contributed by atoms with Gasteiger partial charge in [-0.1, -0.05) is 232 Å². The zero-order valence-corrected chi connectivity index (χ0v) is 46.6. The van der Waals surface area contributed by atoms with E-state index in [2.05, 4.69) is 116 Å². The number of aliphatic hydroxyl groups excluding tert-OH is 1. The second kappa shape index (κ2) is 51.1. The van der Waals surface area contributed by atoms with Crippen molar-refractivity contribution in [2.75, 3.05) is 40.9 Å². The topological polar surface area (TPSA) is 108 Å². The van der Waals surface area contributed by atoms with Gasteiger partial charge < -0.3 is 28.8 Å². The van der Waals surface area contributed by atoms with E-state index in [-0.39, 0.29) is 12.5 Å². The van der Waals surface area contributed by atoms with E-state index in [1.165, 1.54) is 109 Å². The Morgan fingerprint density at radius 1 is 0.514 bits per heavy atom. The van der Waals surface area contributed by atoms with Crippen LogP contribution in [0.15, 0.2) is 109 Å². The Balaban J connectivity index is 3.98. The van der Waals surface area contributed by atoms with Gasteiger partial charge in [-0.3, -0.25) is 9.36 Å². The molecular formula is C61H107N2O6P. The van der Waals surface area contributed by atoms with Crippen LogP contribution >= 0.6 is 7.82 Å². The maximum absolute atomic E-state index is 12.9. The molecule has 0 aromatic carbocycles. The Bertz CT molecular complexity index is 1500. The summed E-state index contributed by atoms with van der Waals surface area (Å²) in [7, 11) is 1.22. The molecule has 0 saturated carbocycles. The third-order valence-electron chi connectivity index (χ3n) is 11.9. The summed E-state index contributed by atoms with van der Waals surface area (Å²) < 4.78 is 23.2. The van der Waals surface area contributed by atoms with Crippen LogP contribution in [-0.4, -0.2) is 68.5 Å². The zero-order chi connectivity index (χ0) is 51.3. The van der Waals surface area contributed by atoms with Gasteiger partial charge in [-0.05, 0) is 89.9 Å². The van der Waals surface area contributed by atoms with Crippen molar-refractivity contribution >= 4 is 13.7 Å². The Morgan fingerprint density at radius 2 is 0.886 bits per heavy atom. The quantitative estimate of drug-likeness (QED) is 0.0272. The monoisotopic (exact) mass is 995 g/mol. The minimum Gasteiger partial charge on any atom is -0.756 e. The fourth-order valence-electron chi connectivity index (χ4n) is 7.55. The van der Waals surface area contributed by atoms with Gasteiger partial charge in [-0.15, -0.1) is 0 Å². The Kier molecular flexibility index (Phi) is 49.0. The highest BCUT2D eigenvalue weighted by Crippen LogP contribution is 2.38. The summed E-state index contributed by atoms with van der Waals surface area (Å²) >= 11 is 0. The van der Waals surface area contributed by atoms with E-state index in [1.807, 2.05) is 27.2 Å². The number of hydrogen-bond acceptors (Lipinski definition) is 6. The maximum Gasteiger partial charge on any atom is 0.268 e. The summed E-state index contributed by atoms with van der Waals surface area (Å²) in [4.78, 5) is 25.4. The highest BCUT2D eigenvalue weighted by molar-refractivity contribution is 7.45. The van der Waals surface area contributed by atoms with E-state index in [9.17, 15) is 19.4 Å². The van der Waals surface area contributed by atoms with Crippen molar-refractivity contribution in [2.45, 2.75) is 231 Å². The third kappa shape index (κ3) is 53.0. The lowest BCUT2D eigenvalue weighted by Crippen LogP contribution is -2.45. The molecule has 0 aliphatic carbocycles. The second-order valence-electron chi connectivity index (χ2n) is 19.9. The lowest BCUT2D eigenvalue weighted by atomic mass is 10.0. The van der Waals surface area contributed by atoms with Gasteiger partial charge in [0.05, 0.1) is 39.9 Å². The summed E-state index contributed by atoms with van der Waals surface area (Å²) in [6.45, 7) is 4.41. The van der Waals surface area contributed by atoms with E-state index in [1.54, 1.807) is 6.08 Å². The van der Waals surface area contributed by atoms with Gasteiger partial charge >= 0.3 is 0 Å². The predicted molar refractivity (Wildman–Crippen MR) is 302 cm³/mol. The number of quaternary nitrogens is 1. The molecule has 0 radical (unpaired) electrons. The molecule has 1 amide bonds. The molecule has 0 aromatic rings. The van der Waals surface area contributed by atoms with E-state index in [0.717, 1.165) is 89.9 Å². The molecule has 0 spiro atoms. The summed E-state index contributed by atoms with van der Waals surface area (Å²) in [6, 6.07) is -0.913. The average molecular weight is 996 g/mol. The van der Waals surface area contributed by atoms with Crippen molar-refractivity contribution in [3.05, 3.63) is 109 Å². The van der Waals surface area contributed by atoms with Gasteiger partial charge in [0.1, 0.15) is 13.2 Å². The number of amides is 1. The number of unbranched alkanes of at least 4 members (excludes halogenated alkanes) is 21. The predicted octanol–water partition coefficient (Wildman–Crippen LogP) is 16.6. The number of hydrogen-bond donors (Lipinski definition) is 2. The molecule has 402 valence electrons. The van der Waals surface area contributed by atoms with E-state index in [0.29, 0.717) is 17.4 Å². The van der Waals surface area contributed by atoms with Gasteiger partial charge in [0.25, 0.3) is 7.82 Å². The molecule has 0 aromatic heterocycles. The molecule has 9 heteroatoms. The zero-order valence-electron chi connectivity index (χ0n) is 45.7. The molecule has 0 aliphatic heterocycles. The van der Waals surface area contributed by atoms with Crippen LogP contribution in [0.4, 0.5) is 0 Å².